The van der Waals surface area contributed by atoms with Crippen LogP contribution in [0.15, 0.2) is 12.2 Å². The summed E-state index contributed by atoms with van der Waals surface area (Å²) in [6, 6.07) is 0. The lowest BCUT2D eigenvalue weighted by Gasteiger charge is -2.30. The minimum atomic E-state index is -0.198. The monoisotopic (exact) mass is 198 g/mol. The number of hydrogen-bond acceptors (Lipinski definition) is 4. The molecule has 1 heterocycles. The van der Waals surface area contributed by atoms with E-state index in [1.165, 1.54) is 0 Å². The summed E-state index contributed by atoms with van der Waals surface area (Å²) in [4.78, 5) is 10.2. The van der Waals surface area contributed by atoms with E-state index in [1.54, 1.807) is 0 Å². The maximum Gasteiger partial charge on any atom is 0.293 e. The maximum atomic E-state index is 10.2. The van der Waals surface area contributed by atoms with Gasteiger partial charge < -0.3 is 14.2 Å². The number of hydrogen-bond donors (Lipinski definition) is 0. The molecule has 0 radical (unpaired) electrons. The Balaban J connectivity index is 2.04. The molecule has 0 bridgehead atoms. The lowest BCUT2D eigenvalue weighted by molar-refractivity contribution is -0.215. The lowest BCUT2D eigenvalue weighted by Crippen LogP contribution is -2.35. The third-order valence-electron chi connectivity index (χ3n) is 2.88. The van der Waals surface area contributed by atoms with Crippen molar-refractivity contribution in [1.82, 2.24) is 0 Å². The number of rotatable bonds is 2. The first-order valence-electron chi connectivity index (χ1n) is 4.77. The van der Waals surface area contributed by atoms with Gasteiger partial charge in [-0.25, -0.2) is 0 Å². The van der Waals surface area contributed by atoms with Gasteiger partial charge in [0.15, 0.2) is 6.29 Å². The van der Waals surface area contributed by atoms with Gasteiger partial charge in [0, 0.05) is 12.3 Å². The van der Waals surface area contributed by atoms with E-state index in [9.17, 15) is 4.79 Å². The molecule has 0 amide bonds. The molecule has 0 aromatic rings. The molecule has 2 rings (SSSR count). The van der Waals surface area contributed by atoms with Crippen LogP contribution >= 0.6 is 0 Å². The van der Waals surface area contributed by atoms with Crippen molar-refractivity contribution in [1.29, 1.82) is 0 Å². The van der Waals surface area contributed by atoms with Crippen molar-refractivity contribution >= 4 is 6.47 Å². The smallest absolute Gasteiger partial charge is 0.293 e. The average Bonchev–Trinajstić information content (AvgIpc) is 2.44. The molecule has 2 aliphatic rings. The van der Waals surface area contributed by atoms with Crippen LogP contribution in [0.3, 0.4) is 0 Å². The van der Waals surface area contributed by atoms with Crippen LogP contribution in [0.2, 0.25) is 0 Å². The highest BCUT2D eigenvalue weighted by Crippen LogP contribution is 2.37. The van der Waals surface area contributed by atoms with Gasteiger partial charge in [-0.2, -0.15) is 0 Å². The fourth-order valence-electron chi connectivity index (χ4n) is 2.10. The SMILES string of the molecule is C=C1[C@H](OC=O)C[C@@H]2O[C@@H](C)OC[C@@H]12. The molecule has 14 heavy (non-hydrogen) atoms. The van der Waals surface area contributed by atoms with E-state index in [0.717, 1.165) is 5.57 Å². The third kappa shape index (κ3) is 1.55. The Morgan fingerprint density at radius 3 is 3.14 bits per heavy atom. The van der Waals surface area contributed by atoms with Crippen molar-refractivity contribution in [2.45, 2.75) is 31.8 Å². The van der Waals surface area contributed by atoms with Gasteiger partial charge in [-0.05, 0) is 12.5 Å². The number of carbonyl (C=O) groups excluding carboxylic acids is 1. The molecule has 1 saturated heterocycles. The Labute approximate surface area is 82.8 Å². The second kappa shape index (κ2) is 3.71. The van der Waals surface area contributed by atoms with E-state index in [1.807, 2.05) is 6.92 Å². The fraction of sp³-hybridized carbons (Fsp3) is 0.700. The molecule has 2 fully saturated rings. The highest BCUT2D eigenvalue weighted by molar-refractivity contribution is 5.39. The third-order valence-corrected chi connectivity index (χ3v) is 2.88. The average molecular weight is 198 g/mol. The second-order valence-electron chi connectivity index (χ2n) is 3.71. The van der Waals surface area contributed by atoms with Crippen molar-refractivity contribution in [2.24, 2.45) is 5.92 Å². The van der Waals surface area contributed by atoms with Gasteiger partial charge in [0.25, 0.3) is 6.47 Å². The molecule has 4 nitrogen and oxygen atoms in total. The fourth-order valence-corrected chi connectivity index (χ4v) is 2.10. The van der Waals surface area contributed by atoms with E-state index in [4.69, 9.17) is 14.2 Å². The van der Waals surface area contributed by atoms with E-state index in [0.29, 0.717) is 19.5 Å². The van der Waals surface area contributed by atoms with Crippen LogP contribution in [-0.4, -0.2) is 31.6 Å². The minimum absolute atomic E-state index is 0.0937. The Bertz CT molecular complexity index is 251. The summed E-state index contributed by atoms with van der Waals surface area (Å²) in [6.45, 7) is 6.87. The lowest BCUT2D eigenvalue weighted by atomic mass is 10.0. The number of carbonyl (C=O) groups is 1. The molecule has 4 atom stereocenters. The van der Waals surface area contributed by atoms with Crippen molar-refractivity contribution < 1.29 is 19.0 Å². The van der Waals surface area contributed by atoms with Crippen molar-refractivity contribution in [3.63, 3.8) is 0 Å². The molecule has 0 spiro atoms. The molecule has 1 saturated carbocycles. The molecular weight excluding hydrogens is 184 g/mol. The Hall–Kier alpha value is -0.870. The molecule has 4 heteroatoms. The van der Waals surface area contributed by atoms with Crippen LogP contribution in [0.1, 0.15) is 13.3 Å². The quantitative estimate of drug-likeness (QED) is 0.487. The van der Waals surface area contributed by atoms with Crippen LogP contribution in [0.5, 0.6) is 0 Å². The van der Waals surface area contributed by atoms with Gasteiger partial charge in [-0.1, -0.05) is 6.58 Å². The second-order valence-corrected chi connectivity index (χ2v) is 3.71. The number of ether oxygens (including phenoxy) is 3. The topological polar surface area (TPSA) is 44.8 Å². The highest BCUT2D eigenvalue weighted by atomic mass is 16.7. The van der Waals surface area contributed by atoms with Crippen molar-refractivity contribution in [2.75, 3.05) is 6.61 Å². The molecule has 0 aromatic carbocycles. The van der Waals surface area contributed by atoms with Gasteiger partial charge in [-0.15, -0.1) is 0 Å². The summed E-state index contributed by atoms with van der Waals surface area (Å²) in [6.07, 6.45) is 0.433. The van der Waals surface area contributed by atoms with Gasteiger partial charge in [0.2, 0.25) is 0 Å². The van der Waals surface area contributed by atoms with Crippen LogP contribution in [0.4, 0.5) is 0 Å². The molecule has 1 aliphatic carbocycles. The standard InChI is InChI=1S/C10H14O4/c1-6-8-4-12-7(2)14-10(8)3-9(6)13-5-11/h5,7-10H,1,3-4H2,2H3/t7-,8-,9+,10-/m0/s1. The Morgan fingerprint density at radius 1 is 1.64 bits per heavy atom. The highest BCUT2D eigenvalue weighted by Gasteiger charge is 2.43. The molecule has 0 unspecified atom stereocenters. The summed E-state index contributed by atoms with van der Waals surface area (Å²) >= 11 is 0. The minimum Gasteiger partial charge on any atom is -0.460 e. The first-order chi connectivity index (χ1) is 6.72. The van der Waals surface area contributed by atoms with E-state index < -0.39 is 0 Å². The predicted molar refractivity (Wildman–Crippen MR) is 48.5 cm³/mol. The zero-order chi connectivity index (χ0) is 10.1. The van der Waals surface area contributed by atoms with Crippen molar-refractivity contribution in [3.8, 4) is 0 Å². The van der Waals surface area contributed by atoms with Gasteiger partial charge in [0.1, 0.15) is 6.10 Å². The van der Waals surface area contributed by atoms with Gasteiger partial charge in [0.05, 0.1) is 12.7 Å². The summed E-state index contributed by atoms with van der Waals surface area (Å²) < 4.78 is 15.9. The maximum absolute atomic E-state index is 10.2. The summed E-state index contributed by atoms with van der Waals surface area (Å²) in [5.74, 6) is 0.177. The van der Waals surface area contributed by atoms with Crippen LogP contribution in [-0.2, 0) is 19.0 Å². The van der Waals surface area contributed by atoms with Crippen LogP contribution in [0, 0.1) is 5.92 Å². The summed E-state index contributed by atoms with van der Waals surface area (Å²) in [5.41, 5.74) is 0.911. The largest absolute Gasteiger partial charge is 0.460 e. The van der Waals surface area contributed by atoms with E-state index in [2.05, 4.69) is 6.58 Å². The van der Waals surface area contributed by atoms with Crippen LogP contribution in [0.25, 0.3) is 0 Å². The van der Waals surface area contributed by atoms with E-state index >= 15 is 0 Å². The van der Waals surface area contributed by atoms with Crippen molar-refractivity contribution in [3.05, 3.63) is 12.2 Å². The molecule has 1 aliphatic heterocycles. The molecule has 78 valence electrons. The predicted octanol–water partition coefficient (Wildman–Crippen LogP) is 0.865. The zero-order valence-corrected chi connectivity index (χ0v) is 8.14. The zero-order valence-electron chi connectivity index (χ0n) is 8.14. The van der Waals surface area contributed by atoms with Gasteiger partial charge in [-0.3, -0.25) is 4.79 Å². The summed E-state index contributed by atoms with van der Waals surface area (Å²) in [7, 11) is 0. The molecular formula is C10H14O4. The number of fused-ring (bicyclic) bond motifs is 1. The first-order valence-corrected chi connectivity index (χ1v) is 4.77. The Kier molecular flexibility index (Phi) is 2.56. The normalized spacial score (nSPS) is 41.9. The Morgan fingerprint density at radius 2 is 2.43 bits per heavy atom. The summed E-state index contributed by atoms with van der Waals surface area (Å²) in [5, 5.41) is 0. The van der Waals surface area contributed by atoms with E-state index in [-0.39, 0.29) is 24.4 Å². The first kappa shape index (κ1) is 9.68. The van der Waals surface area contributed by atoms with Crippen LogP contribution < -0.4 is 0 Å². The molecule has 0 aromatic heterocycles. The van der Waals surface area contributed by atoms with Gasteiger partial charge >= 0.3 is 0 Å². The molecule has 0 N–H and O–H groups in total.